The van der Waals surface area contributed by atoms with Crippen LogP contribution in [-0.2, 0) is 21.3 Å². The fourth-order valence-electron chi connectivity index (χ4n) is 2.02. The molecule has 0 unspecified atom stereocenters. The number of benzene rings is 1. The van der Waals surface area contributed by atoms with E-state index in [1.165, 1.54) is 24.5 Å². The second-order valence-electron chi connectivity index (χ2n) is 5.18. The first-order valence-electron chi connectivity index (χ1n) is 7.69. The number of amides is 2. The van der Waals surface area contributed by atoms with Gasteiger partial charge in [0.05, 0.1) is 24.3 Å². The van der Waals surface area contributed by atoms with E-state index in [1.807, 2.05) is 0 Å². The van der Waals surface area contributed by atoms with Crippen molar-refractivity contribution in [2.45, 2.75) is 25.3 Å². The molecule has 10 heteroatoms. The fraction of sp³-hybridized carbons (Fsp3) is 0.250. The van der Waals surface area contributed by atoms with E-state index in [0.717, 1.165) is 0 Å². The van der Waals surface area contributed by atoms with Crippen molar-refractivity contribution in [3.8, 4) is 0 Å². The van der Waals surface area contributed by atoms with Crippen molar-refractivity contribution < 1.29 is 27.2 Å². The highest BCUT2D eigenvalue weighted by Crippen LogP contribution is 2.16. The zero-order chi connectivity index (χ0) is 19.2. The van der Waals surface area contributed by atoms with Crippen LogP contribution in [0.3, 0.4) is 0 Å². The number of hydrazine groups is 1. The molecule has 0 aliphatic rings. The maximum absolute atomic E-state index is 12.4. The quantitative estimate of drug-likeness (QED) is 0.650. The number of carbonyl (C=O) groups is 2. The highest BCUT2D eigenvalue weighted by molar-refractivity contribution is 7.89. The number of nitrogens with one attached hydrogen (secondary N) is 3. The molecule has 0 aliphatic heterocycles. The number of hydrogen-bond donors (Lipinski definition) is 3. The van der Waals surface area contributed by atoms with Crippen LogP contribution < -0.4 is 15.6 Å². The summed E-state index contributed by atoms with van der Waals surface area (Å²) in [6.45, 7) is 3.40. The molecule has 2 aromatic rings. The normalized spacial score (nSPS) is 11.0. The third-order valence-corrected chi connectivity index (χ3v) is 4.73. The van der Waals surface area contributed by atoms with E-state index in [2.05, 4.69) is 20.3 Å². The Hall–Kier alpha value is -2.85. The third kappa shape index (κ3) is 5.07. The highest BCUT2D eigenvalue weighted by Gasteiger charge is 2.18. The van der Waals surface area contributed by atoms with Crippen molar-refractivity contribution in [3.05, 3.63) is 53.5 Å². The van der Waals surface area contributed by atoms with Crippen LogP contribution in [0, 0.1) is 6.92 Å². The first kappa shape index (κ1) is 19.5. The molecule has 0 saturated carbocycles. The molecule has 0 radical (unpaired) electrons. The number of ether oxygens (including phenoxy) is 1. The average Bonchev–Trinajstić information content (AvgIpc) is 3.12. The summed E-state index contributed by atoms with van der Waals surface area (Å²) < 4.78 is 36.9. The third-order valence-electron chi connectivity index (χ3n) is 3.33. The van der Waals surface area contributed by atoms with Crippen molar-refractivity contribution in [1.82, 2.24) is 15.6 Å². The molecule has 1 aromatic heterocycles. The zero-order valence-electron chi connectivity index (χ0n) is 14.2. The lowest BCUT2D eigenvalue weighted by atomic mass is 10.1. The van der Waals surface area contributed by atoms with Crippen LogP contribution >= 0.6 is 0 Å². The summed E-state index contributed by atoms with van der Waals surface area (Å²) in [7, 11) is -3.85. The van der Waals surface area contributed by atoms with Crippen molar-refractivity contribution in [2.75, 3.05) is 6.61 Å². The van der Waals surface area contributed by atoms with Crippen LogP contribution in [0.25, 0.3) is 0 Å². The van der Waals surface area contributed by atoms with Crippen LogP contribution in [0.5, 0.6) is 0 Å². The van der Waals surface area contributed by atoms with E-state index in [4.69, 9.17) is 4.42 Å². The standard InChI is InChI=1S/C16H19N3O6S/c1-3-24-16(21)19-18-15(20)14-9-13(7-6-11(14)2)26(22,23)17-10-12-5-4-8-25-12/h4-9,17H,3,10H2,1-2H3,(H,18,20)(H,19,21). The smallest absolute Gasteiger partial charge is 0.426 e. The number of carbonyl (C=O) groups excluding carboxylic acids is 2. The minimum Gasteiger partial charge on any atom is -0.468 e. The lowest BCUT2D eigenvalue weighted by Crippen LogP contribution is -2.42. The summed E-state index contributed by atoms with van der Waals surface area (Å²) in [5.41, 5.74) is 4.88. The monoisotopic (exact) mass is 381 g/mol. The molecule has 0 saturated heterocycles. The highest BCUT2D eigenvalue weighted by atomic mass is 32.2. The van der Waals surface area contributed by atoms with Crippen molar-refractivity contribution in [3.63, 3.8) is 0 Å². The second kappa shape index (κ2) is 8.50. The predicted octanol–water partition coefficient (Wildman–Crippen LogP) is 1.46. The molecule has 3 N–H and O–H groups in total. The van der Waals surface area contributed by atoms with E-state index in [1.54, 1.807) is 26.0 Å². The van der Waals surface area contributed by atoms with Crippen LogP contribution in [-0.4, -0.2) is 27.0 Å². The maximum atomic E-state index is 12.4. The molecule has 2 rings (SSSR count). The van der Waals surface area contributed by atoms with Gasteiger partial charge >= 0.3 is 6.09 Å². The van der Waals surface area contributed by atoms with E-state index < -0.39 is 22.0 Å². The zero-order valence-corrected chi connectivity index (χ0v) is 15.1. The Morgan fingerprint density at radius 2 is 1.96 bits per heavy atom. The van der Waals surface area contributed by atoms with Gasteiger partial charge in [-0.1, -0.05) is 6.07 Å². The van der Waals surface area contributed by atoms with Gasteiger partial charge in [0, 0.05) is 5.56 Å². The van der Waals surface area contributed by atoms with Crippen molar-refractivity contribution in [2.24, 2.45) is 0 Å². The van der Waals surface area contributed by atoms with E-state index in [-0.39, 0.29) is 23.6 Å². The van der Waals surface area contributed by atoms with Gasteiger partial charge in [-0.2, -0.15) is 0 Å². The van der Waals surface area contributed by atoms with Crippen LogP contribution in [0.2, 0.25) is 0 Å². The lowest BCUT2D eigenvalue weighted by Gasteiger charge is -2.11. The fourth-order valence-corrected chi connectivity index (χ4v) is 3.04. The number of hydrogen-bond acceptors (Lipinski definition) is 6. The summed E-state index contributed by atoms with van der Waals surface area (Å²) in [4.78, 5) is 23.3. The van der Waals surface area contributed by atoms with Gasteiger partial charge < -0.3 is 9.15 Å². The van der Waals surface area contributed by atoms with Gasteiger partial charge in [-0.05, 0) is 43.7 Å². The molecule has 1 heterocycles. The van der Waals surface area contributed by atoms with Crippen LogP contribution in [0.1, 0.15) is 28.6 Å². The van der Waals surface area contributed by atoms with Gasteiger partial charge in [0.15, 0.2) is 0 Å². The minimum atomic E-state index is -3.85. The molecule has 0 atom stereocenters. The van der Waals surface area contributed by atoms with Crippen LogP contribution in [0.15, 0.2) is 45.9 Å². The van der Waals surface area contributed by atoms with Gasteiger partial charge in [-0.3, -0.25) is 10.2 Å². The molecule has 0 aliphatic carbocycles. The number of furan rings is 1. The van der Waals surface area contributed by atoms with Gasteiger partial charge in [-0.15, -0.1) is 0 Å². The Morgan fingerprint density at radius 1 is 1.19 bits per heavy atom. The van der Waals surface area contributed by atoms with E-state index >= 15 is 0 Å². The van der Waals surface area contributed by atoms with Crippen molar-refractivity contribution >= 4 is 22.0 Å². The first-order valence-corrected chi connectivity index (χ1v) is 9.17. The van der Waals surface area contributed by atoms with Gasteiger partial charge in [0.25, 0.3) is 5.91 Å². The second-order valence-corrected chi connectivity index (χ2v) is 6.95. The molecule has 2 amide bonds. The summed E-state index contributed by atoms with van der Waals surface area (Å²) in [6, 6.07) is 7.39. The number of sulfonamides is 1. The average molecular weight is 381 g/mol. The molecular formula is C16H19N3O6S. The molecule has 9 nitrogen and oxygen atoms in total. The number of aryl methyl sites for hydroxylation is 1. The van der Waals surface area contributed by atoms with Crippen LogP contribution in [0.4, 0.5) is 4.79 Å². The molecule has 0 fully saturated rings. The lowest BCUT2D eigenvalue weighted by molar-refractivity contribution is 0.0912. The molecule has 0 spiro atoms. The Bertz CT molecular complexity index is 877. The molecule has 0 bridgehead atoms. The first-order chi connectivity index (χ1) is 12.3. The molecule has 26 heavy (non-hydrogen) atoms. The van der Waals surface area contributed by atoms with Crippen molar-refractivity contribution in [1.29, 1.82) is 0 Å². The summed E-state index contributed by atoms with van der Waals surface area (Å²) >= 11 is 0. The summed E-state index contributed by atoms with van der Waals surface area (Å²) in [6.07, 6.45) is 0.622. The van der Waals surface area contributed by atoms with Gasteiger partial charge in [0.1, 0.15) is 5.76 Å². The Labute approximate surface area is 150 Å². The Balaban J connectivity index is 2.12. The maximum Gasteiger partial charge on any atom is 0.426 e. The number of rotatable bonds is 6. The van der Waals surface area contributed by atoms with Gasteiger partial charge in [-0.25, -0.2) is 23.4 Å². The SMILES string of the molecule is CCOC(=O)NNC(=O)c1cc(S(=O)(=O)NCc2ccco2)ccc1C. The van der Waals surface area contributed by atoms with Gasteiger partial charge in [0.2, 0.25) is 10.0 Å². The summed E-state index contributed by atoms with van der Waals surface area (Å²) in [5, 5.41) is 0. The molecule has 140 valence electrons. The Morgan fingerprint density at radius 3 is 2.62 bits per heavy atom. The topological polar surface area (TPSA) is 127 Å². The largest absolute Gasteiger partial charge is 0.468 e. The minimum absolute atomic E-state index is 0.0187. The molecule has 1 aromatic carbocycles. The molecular weight excluding hydrogens is 362 g/mol. The summed E-state index contributed by atoms with van der Waals surface area (Å²) in [5.74, 6) is -0.212. The Kier molecular flexibility index (Phi) is 6.36. The predicted molar refractivity (Wildman–Crippen MR) is 91.5 cm³/mol. The van der Waals surface area contributed by atoms with E-state index in [9.17, 15) is 18.0 Å². The van der Waals surface area contributed by atoms with E-state index in [0.29, 0.717) is 11.3 Å².